The third-order valence-electron chi connectivity index (χ3n) is 2.93. The molecular formula is C14H15N3O3S. The summed E-state index contributed by atoms with van der Waals surface area (Å²) in [5.74, 6) is 1.32. The van der Waals surface area contributed by atoms with Gasteiger partial charge in [0.15, 0.2) is 16.6 Å². The van der Waals surface area contributed by atoms with Crippen molar-refractivity contribution in [2.45, 2.75) is 19.4 Å². The van der Waals surface area contributed by atoms with Crippen LogP contribution in [-0.2, 0) is 4.79 Å². The lowest BCUT2D eigenvalue weighted by Crippen LogP contribution is -2.23. The molecule has 0 aliphatic carbocycles. The maximum absolute atomic E-state index is 11.7. The number of hydrogen-bond acceptors (Lipinski definition) is 6. The minimum absolute atomic E-state index is 0.128. The van der Waals surface area contributed by atoms with E-state index in [1.54, 1.807) is 6.92 Å². The van der Waals surface area contributed by atoms with Crippen LogP contribution in [0.1, 0.15) is 13.3 Å². The van der Waals surface area contributed by atoms with Crippen molar-refractivity contribution in [3.63, 3.8) is 0 Å². The molecule has 6 nitrogen and oxygen atoms in total. The molecule has 0 radical (unpaired) electrons. The monoisotopic (exact) mass is 305 g/mol. The van der Waals surface area contributed by atoms with Crippen LogP contribution in [0.5, 0.6) is 11.5 Å². The number of nitrogens with two attached hydrogens (primary N) is 1. The predicted molar refractivity (Wildman–Crippen MR) is 80.6 cm³/mol. The van der Waals surface area contributed by atoms with Crippen molar-refractivity contribution in [1.82, 2.24) is 4.98 Å². The molecule has 0 bridgehead atoms. The highest BCUT2D eigenvalue weighted by Gasteiger charge is 2.15. The SMILES string of the molecule is CC(N)CC(=O)Nc1nc(-c2ccc3c(c2)OCO3)cs1. The summed E-state index contributed by atoms with van der Waals surface area (Å²) in [5.41, 5.74) is 7.30. The molecule has 1 aliphatic heterocycles. The van der Waals surface area contributed by atoms with E-state index in [0.717, 1.165) is 17.0 Å². The lowest BCUT2D eigenvalue weighted by molar-refractivity contribution is -0.116. The van der Waals surface area contributed by atoms with Gasteiger partial charge in [0.2, 0.25) is 12.7 Å². The van der Waals surface area contributed by atoms with E-state index in [1.807, 2.05) is 23.6 Å². The standard InChI is InChI=1S/C14H15N3O3S/c1-8(15)4-13(18)17-14-16-10(6-21-14)9-2-3-11-12(5-9)20-7-19-11/h2-3,5-6,8H,4,7,15H2,1H3,(H,16,17,18). The average Bonchev–Trinajstić information content (AvgIpc) is 3.04. The molecule has 1 amide bonds. The van der Waals surface area contributed by atoms with E-state index in [2.05, 4.69) is 10.3 Å². The fourth-order valence-electron chi connectivity index (χ4n) is 1.98. The molecule has 110 valence electrons. The second-order valence-electron chi connectivity index (χ2n) is 4.84. The average molecular weight is 305 g/mol. The highest BCUT2D eigenvalue weighted by Crippen LogP contribution is 2.36. The van der Waals surface area contributed by atoms with Gasteiger partial charge in [-0.15, -0.1) is 11.3 Å². The first-order chi connectivity index (χ1) is 10.1. The second kappa shape index (κ2) is 5.71. The predicted octanol–water partition coefficient (Wildman–Crippen LogP) is 2.21. The third kappa shape index (κ3) is 3.14. The quantitative estimate of drug-likeness (QED) is 0.904. The fourth-order valence-corrected chi connectivity index (χ4v) is 2.72. The van der Waals surface area contributed by atoms with Gasteiger partial charge >= 0.3 is 0 Å². The van der Waals surface area contributed by atoms with Crippen LogP contribution in [0.15, 0.2) is 23.6 Å². The number of benzene rings is 1. The largest absolute Gasteiger partial charge is 0.454 e. The maximum Gasteiger partial charge on any atom is 0.231 e. The number of thiazole rings is 1. The van der Waals surface area contributed by atoms with Crippen LogP contribution < -0.4 is 20.5 Å². The van der Waals surface area contributed by atoms with Crippen LogP contribution >= 0.6 is 11.3 Å². The number of nitrogens with one attached hydrogen (secondary N) is 1. The van der Waals surface area contributed by atoms with Gasteiger partial charge in [-0.2, -0.15) is 0 Å². The van der Waals surface area contributed by atoms with Gasteiger partial charge in [-0.05, 0) is 25.1 Å². The number of amides is 1. The Morgan fingerprint density at radius 3 is 3.10 bits per heavy atom. The third-order valence-corrected chi connectivity index (χ3v) is 3.68. The van der Waals surface area contributed by atoms with E-state index in [-0.39, 0.29) is 25.2 Å². The Bertz CT molecular complexity index is 669. The van der Waals surface area contributed by atoms with Crippen LogP contribution in [0.3, 0.4) is 0 Å². The summed E-state index contributed by atoms with van der Waals surface area (Å²) in [4.78, 5) is 16.1. The van der Waals surface area contributed by atoms with Crippen LogP contribution in [-0.4, -0.2) is 23.7 Å². The minimum Gasteiger partial charge on any atom is -0.454 e. The highest BCUT2D eigenvalue weighted by atomic mass is 32.1. The molecule has 1 unspecified atom stereocenters. The molecule has 0 saturated heterocycles. The molecule has 7 heteroatoms. The number of fused-ring (bicyclic) bond motifs is 1. The molecule has 2 aromatic rings. The number of rotatable bonds is 4. The van der Waals surface area contributed by atoms with Crippen molar-refractivity contribution >= 4 is 22.4 Å². The number of ether oxygens (including phenoxy) is 2. The van der Waals surface area contributed by atoms with E-state index < -0.39 is 0 Å². The van der Waals surface area contributed by atoms with Crippen LogP contribution in [0, 0.1) is 0 Å². The molecule has 21 heavy (non-hydrogen) atoms. The first-order valence-corrected chi connectivity index (χ1v) is 7.41. The molecule has 3 rings (SSSR count). The van der Waals surface area contributed by atoms with Crippen molar-refractivity contribution < 1.29 is 14.3 Å². The number of nitrogens with zero attached hydrogens (tertiary/aromatic N) is 1. The molecular weight excluding hydrogens is 290 g/mol. The molecule has 1 aliphatic rings. The van der Waals surface area contributed by atoms with Crippen molar-refractivity contribution in [1.29, 1.82) is 0 Å². The van der Waals surface area contributed by atoms with Crippen LogP contribution in [0.25, 0.3) is 11.3 Å². The molecule has 0 saturated carbocycles. The molecule has 1 atom stereocenters. The summed E-state index contributed by atoms with van der Waals surface area (Å²) in [6, 6.07) is 5.48. The van der Waals surface area contributed by atoms with Crippen molar-refractivity contribution in [2.75, 3.05) is 12.1 Å². The Morgan fingerprint density at radius 1 is 1.48 bits per heavy atom. The summed E-state index contributed by atoms with van der Waals surface area (Å²) < 4.78 is 10.6. The van der Waals surface area contributed by atoms with Crippen molar-refractivity contribution in [2.24, 2.45) is 5.73 Å². The second-order valence-corrected chi connectivity index (χ2v) is 5.69. The Hall–Kier alpha value is -2.12. The Labute approximate surface area is 125 Å². The van der Waals surface area contributed by atoms with Gasteiger partial charge < -0.3 is 20.5 Å². The van der Waals surface area contributed by atoms with Gasteiger partial charge in [-0.25, -0.2) is 4.98 Å². The van der Waals surface area contributed by atoms with Crippen molar-refractivity contribution in [3.8, 4) is 22.8 Å². The molecule has 0 spiro atoms. The van der Waals surface area contributed by atoms with Crippen LogP contribution in [0.4, 0.5) is 5.13 Å². The Balaban J connectivity index is 1.74. The summed E-state index contributed by atoms with van der Waals surface area (Å²) in [6.45, 7) is 2.04. The maximum atomic E-state index is 11.7. The molecule has 2 heterocycles. The number of carbonyl (C=O) groups is 1. The summed E-state index contributed by atoms with van der Waals surface area (Å²) in [5, 5.41) is 5.20. The van der Waals surface area contributed by atoms with E-state index in [4.69, 9.17) is 15.2 Å². The zero-order chi connectivity index (χ0) is 14.8. The van der Waals surface area contributed by atoms with E-state index in [9.17, 15) is 4.79 Å². The normalized spacial score (nSPS) is 14.0. The fraction of sp³-hybridized carbons (Fsp3) is 0.286. The van der Waals surface area contributed by atoms with Crippen LogP contribution in [0.2, 0.25) is 0 Å². The zero-order valence-corrected chi connectivity index (χ0v) is 12.3. The van der Waals surface area contributed by atoms with E-state index in [0.29, 0.717) is 10.9 Å². The topological polar surface area (TPSA) is 86.5 Å². The smallest absolute Gasteiger partial charge is 0.231 e. The van der Waals surface area contributed by atoms with E-state index >= 15 is 0 Å². The number of hydrogen-bond donors (Lipinski definition) is 2. The molecule has 0 fully saturated rings. The van der Waals surface area contributed by atoms with Gasteiger partial charge in [-0.1, -0.05) is 0 Å². The minimum atomic E-state index is -0.168. The Kier molecular flexibility index (Phi) is 3.76. The first kappa shape index (κ1) is 13.8. The highest BCUT2D eigenvalue weighted by molar-refractivity contribution is 7.14. The van der Waals surface area contributed by atoms with Crippen molar-refractivity contribution in [3.05, 3.63) is 23.6 Å². The Morgan fingerprint density at radius 2 is 2.29 bits per heavy atom. The van der Waals surface area contributed by atoms with Gasteiger partial charge in [0.25, 0.3) is 0 Å². The molecule has 1 aromatic heterocycles. The van der Waals surface area contributed by atoms with E-state index in [1.165, 1.54) is 11.3 Å². The lowest BCUT2D eigenvalue weighted by atomic mass is 10.1. The van der Waals surface area contributed by atoms with Gasteiger partial charge in [0.1, 0.15) is 0 Å². The van der Waals surface area contributed by atoms with Gasteiger partial charge in [-0.3, -0.25) is 4.79 Å². The number of aromatic nitrogens is 1. The summed E-state index contributed by atoms with van der Waals surface area (Å²) >= 11 is 1.38. The van der Waals surface area contributed by atoms with Gasteiger partial charge in [0, 0.05) is 23.4 Å². The van der Waals surface area contributed by atoms with Gasteiger partial charge in [0.05, 0.1) is 5.69 Å². The summed E-state index contributed by atoms with van der Waals surface area (Å²) in [6.07, 6.45) is 0.277. The number of carbonyl (C=O) groups excluding carboxylic acids is 1. The zero-order valence-electron chi connectivity index (χ0n) is 11.5. The molecule has 3 N–H and O–H groups in total. The summed E-state index contributed by atoms with van der Waals surface area (Å²) in [7, 11) is 0. The first-order valence-electron chi connectivity index (χ1n) is 6.53. The number of anilines is 1. The lowest BCUT2D eigenvalue weighted by Gasteiger charge is -2.04. The molecule has 1 aromatic carbocycles.